The lowest BCUT2D eigenvalue weighted by molar-refractivity contribution is -0.139. The first-order valence-electron chi connectivity index (χ1n) is 9.86. The summed E-state index contributed by atoms with van der Waals surface area (Å²) in [5, 5.41) is 5.56. The molecule has 160 valence electrons. The van der Waals surface area contributed by atoms with Crippen molar-refractivity contribution in [3.63, 3.8) is 0 Å². The van der Waals surface area contributed by atoms with Crippen LogP contribution < -0.4 is 24.8 Å². The van der Waals surface area contributed by atoms with Crippen LogP contribution in [-0.2, 0) is 9.53 Å². The topological polar surface area (TPSA) is 95.1 Å². The molecule has 0 radical (unpaired) electrons. The second-order valence-electron chi connectivity index (χ2n) is 6.50. The Hall–Kier alpha value is -2.90. The first-order valence-corrected chi connectivity index (χ1v) is 9.86. The summed E-state index contributed by atoms with van der Waals surface area (Å²) in [6, 6.07) is 2.40. The van der Waals surface area contributed by atoms with E-state index in [0.717, 1.165) is 12.8 Å². The van der Waals surface area contributed by atoms with E-state index in [4.69, 9.17) is 18.9 Å². The first kappa shape index (κ1) is 22.4. The summed E-state index contributed by atoms with van der Waals surface area (Å²) in [6.07, 6.45) is 2.14. The second-order valence-corrected chi connectivity index (χ2v) is 6.50. The van der Waals surface area contributed by atoms with Crippen LogP contribution in [0, 0.1) is 0 Å². The van der Waals surface area contributed by atoms with Crippen molar-refractivity contribution in [3.8, 4) is 17.2 Å². The largest absolute Gasteiger partial charge is 0.493 e. The fourth-order valence-corrected chi connectivity index (χ4v) is 3.18. The Bertz CT molecular complexity index is 749. The van der Waals surface area contributed by atoms with Gasteiger partial charge in [-0.2, -0.15) is 0 Å². The fourth-order valence-electron chi connectivity index (χ4n) is 3.18. The zero-order chi connectivity index (χ0) is 21.4. The number of hydrogen-bond acceptors (Lipinski definition) is 6. The van der Waals surface area contributed by atoms with E-state index in [0.29, 0.717) is 47.1 Å². The highest BCUT2D eigenvalue weighted by molar-refractivity contribution is 5.95. The molecule has 2 N–H and O–H groups in total. The Kier molecular flexibility index (Phi) is 8.18. The zero-order valence-electron chi connectivity index (χ0n) is 17.7. The number of carbonyl (C=O) groups is 2. The number of methoxy groups -OCH3 is 2. The summed E-state index contributed by atoms with van der Waals surface area (Å²) >= 11 is 0. The summed E-state index contributed by atoms with van der Waals surface area (Å²) < 4.78 is 22.0. The molecule has 0 spiro atoms. The summed E-state index contributed by atoms with van der Waals surface area (Å²) in [5.41, 5.74) is 1.57. The number of carbonyl (C=O) groups excluding carboxylic acids is 2. The monoisotopic (exact) mass is 406 g/mol. The standard InChI is InChI=1S/C21H30N2O6/c1-6-9-14-17(20(24)28-8-3)18(23-21(25)22-14)13-11-15(26-4)19(29-10-7-2)16(12-13)27-5/h11-12,18H,6-10H2,1-5H3,(H2,22,23,25). The van der Waals surface area contributed by atoms with Gasteiger partial charge in [0.2, 0.25) is 5.75 Å². The number of esters is 1. The molecule has 1 unspecified atom stereocenters. The first-order chi connectivity index (χ1) is 14.0. The highest BCUT2D eigenvalue weighted by Gasteiger charge is 2.34. The molecule has 8 nitrogen and oxygen atoms in total. The van der Waals surface area contributed by atoms with Crippen molar-refractivity contribution in [2.75, 3.05) is 27.4 Å². The molecule has 1 aliphatic rings. The van der Waals surface area contributed by atoms with Crippen molar-refractivity contribution in [1.82, 2.24) is 10.6 Å². The van der Waals surface area contributed by atoms with E-state index in [1.165, 1.54) is 14.2 Å². The molecule has 0 saturated heterocycles. The van der Waals surface area contributed by atoms with E-state index in [1.54, 1.807) is 19.1 Å². The maximum atomic E-state index is 12.7. The van der Waals surface area contributed by atoms with Crippen LogP contribution >= 0.6 is 0 Å². The number of ether oxygens (including phenoxy) is 4. The number of allylic oxidation sites excluding steroid dienone is 1. The molecule has 1 aliphatic heterocycles. The van der Waals surface area contributed by atoms with E-state index in [2.05, 4.69) is 10.6 Å². The summed E-state index contributed by atoms with van der Waals surface area (Å²) in [6.45, 7) is 6.46. The van der Waals surface area contributed by atoms with E-state index in [-0.39, 0.29) is 12.6 Å². The lowest BCUT2D eigenvalue weighted by atomic mass is 9.93. The van der Waals surface area contributed by atoms with E-state index in [9.17, 15) is 9.59 Å². The van der Waals surface area contributed by atoms with Gasteiger partial charge in [0.1, 0.15) is 0 Å². The number of hydrogen-bond donors (Lipinski definition) is 2. The molecule has 1 aromatic rings. The number of nitrogens with one attached hydrogen (secondary N) is 2. The van der Waals surface area contributed by atoms with Gasteiger partial charge in [0, 0.05) is 5.70 Å². The van der Waals surface area contributed by atoms with E-state index in [1.807, 2.05) is 13.8 Å². The molecule has 0 bridgehead atoms. The van der Waals surface area contributed by atoms with Gasteiger partial charge in [-0.1, -0.05) is 20.3 Å². The third-order valence-corrected chi connectivity index (χ3v) is 4.42. The Balaban J connectivity index is 2.60. The molecule has 0 saturated carbocycles. The van der Waals surface area contributed by atoms with Crippen LogP contribution in [0.5, 0.6) is 17.2 Å². The number of urea groups is 1. The zero-order valence-corrected chi connectivity index (χ0v) is 17.7. The second kappa shape index (κ2) is 10.6. The van der Waals surface area contributed by atoms with Crippen molar-refractivity contribution >= 4 is 12.0 Å². The van der Waals surface area contributed by atoms with Gasteiger partial charge in [0.15, 0.2) is 11.5 Å². The van der Waals surface area contributed by atoms with Crippen LogP contribution in [0.15, 0.2) is 23.4 Å². The highest BCUT2D eigenvalue weighted by atomic mass is 16.5. The molecule has 0 aromatic heterocycles. The molecule has 2 rings (SSSR count). The Morgan fingerprint density at radius 1 is 1.07 bits per heavy atom. The van der Waals surface area contributed by atoms with E-state index >= 15 is 0 Å². The maximum Gasteiger partial charge on any atom is 0.338 e. The summed E-state index contributed by atoms with van der Waals surface area (Å²) in [7, 11) is 3.06. The predicted octanol–water partition coefficient (Wildman–Crippen LogP) is 3.46. The van der Waals surface area contributed by atoms with Crippen LogP contribution in [0.4, 0.5) is 4.79 Å². The third kappa shape index (κ3) is 5.13. The minimum atomic E-state index is -0.702. The number of amides is 2. The third-order valence-electron chi connectivity index (χ3n) is 4.42. The van der Waals surface area contributed by atoms with Gasteiger partial charge in [-0.25, -0.2) is 9.59 Å². The molecule has 1 aromatic carbocycles. The van der Waals surface area contributed by atoms with Crippen molar-refractivity contribution in [3.05, 3.63) is 29.0 Å². The van der Waals surface area contributed by atoms with Crippen molar-refractivity contribution in [2.45, 2.75) is 46.1 Å². The molecule has 0 aliphatic carbocycles. The lowest BCUT2D eigenvalue weighted by Gasteiger charge is -2.30. The molecule has 1 heterocycles. The summed E-state index contributed by atoms with van der Waals surface area (Å²) in [4.78, 5) is 25.0. The van der Waals surface area contributed by atoms with Gasteiger partial charge < -0.3 is 29.6 Å². The number of benzene rings is 1. The highest BCUT2D eigenvalue weighted by Crippen LogP contribution is 2.42. The molecule has 2 amide bonds. The molecular weight excluding hydrogens is 376 g/mol. The van der Waals surface area contributed by atoms with Gasteiger partial charge in [-0.3, -0.25) is 0 Å². The predicted molar refractivity (Wildman–Crippen MR) is 108 cm³/mol. The van der Waals surface area contributed by atoms with Gasteiger partial charge in [-0.05, 0) is 37.5 Å². The number of rotatable bonds is 10. The van der Waals surface area contributed by atoms with Gasteiger partial charge >= 0.3 is 12.0 Å². The summed E-state index contributed by atoms with van der Waals surface area (Å²) in [5.74, 6) is 0.927. The minimum absolute atomic E-state index is 0.235. The van der Waals surface area contributed by atoms with Gasteiger partial charge in [-0.15, -0.1) is 0 Å². The van der Waals surface area contributed by atoms with Crippen LogP contribution in [0.2, 0.25) is 0 Å². The minimum Gasteiger partial charge on any atom is -0.493 e. The normalized spacial score (nSPS) is 16.0. The van der Waals surface area contributed by atoms with Crippen molar-refractivity contribution < 1.29 is 28.5 Å². The smallest absolute Gasteiger partial charge is 0.338 e. The fraction of sp³-hybridized carbons (Fsp3) is 0.524. The van der Waals surface area contributed by atoms with Crippen LogP contribution in [0.25, 0.3) is 0 Å². The van der Waals surface area contributed by atoms with E-state index < -0.39 is 12.0 Å². The quantitative estimate of drug-likeness (QED) is 0.578. The maximum absolute atomic E-state index is 12.7. The van der Waals surface area contributed by atoms with Crippen molar-refractivity contribution in [1.29, 1.82) is 0 Å². The van der Waals surface area contributed by atoms with Gasteiger partial charge in [0.25, 0.3) is 0 Å². The average molecular weight is 406 g/mol. The Morgan fingerprint density at radius 3 is 2.24 bits per heavy atom. The molecule has 0 fully saturated rings. The molecular formula is C21H30N2O6. The lowest BCUT2D eigenvalue weighted by Crippen LogP contribution is -2.46. The SMILES string of the molecule is CCCOc1c(OC)cc(C2NC(=O)NC(CCC)=C2C(=O)OCC)cc1OC. The van der Waals surface area contributed by atoms with Gasteiger partial charge in [0.05, 0.1) is 39.0 Å². The molecule has 8 heteroatoms. The average Bonchev–Trinajstić information content (AvgIpc) is 2.71. The van der Waals surface area contributed by atoms with Crippen LogP contribution in [0.1, 0.15) is 51.6 Å². The Morgan fingerprint density at radius 2 is 1.72 bits per heavy atom. The van der Waals surface area contributed by atoms with Crippen molar-refractivity contribution in [2.24, 2.45) is 0 Å². The molecule has 29 heavy (non-hydrogen) atoms. The van der Waals surface area contributed by atoms with Crippen LogP contribution in [-0.4, -0.2) is 39.4 Å². The molecule has 1 atom stereocenters. The Labute approximate surface area is 171 Å². The van der Waals surface area contributed by atoms with Crippen LogP contribution in [0.3, 0.4) is 0 Å².